The number of esters is 1. The number of thiophene rings is 1. The van der Waals surface area contributed by atoms with Crippen LogP contribution < -0.4 is 16.0 Å². The molecule has 3 N–H and O–H groups in total. The second kappa shape index (κ2) is 8.72. The number of anilines is 1. The first kappa shape index (κ1) is 21.9. The van der Waals surface area contributed by atoms with E-state index >= 15 is 0 Å². The second-order valence-corrected chi connectivity index (χ2v) is 8.94. The highest BCUT2D eigenvalue weighted by atomic mass is 32.1. The molecule has 0 fully saturated rings. The fraction of sp³-hybridized carbons (Fsp3) is 0.579. The summed E-state index contributed by atoms with van der Waals surface area (Å²) >= 11 is 1.37. The van der Waals surface area contributed by atoms with Gasteiger partial charge >= 0.3 is 12.0 Å². The van der Waals surface area contributed by atoms with E-state index in [1.807, 2.05) is 0 Å². The van der Waals surface area contributed by atoms with Crippen molar-refractivity contribution in [2.75, 3.05) is 5.32 Å². The molecule has 0 saturated heterocycles. The molecule has 1 aromatic heterocycles. The van der Waals surface area contributed by atoms with E-state index in [0.717, 1.165) is 36.1 Å². The van der Waals surface area contributed by atoms with Crippen LogP contribution in [0.1, 0.15) is 68.3 Å². The second-order valence-electron chi connectivity index (χ2n) is 7.84. The number of carbonyl (C=O) groups is 4. The largest absolute Gasteiger partial charge is 0.449 e. The molecule has 0 bridgehead atoms. The Kier molecular flexibility index (Phi) is 6.82. The van der Waals surface area contributed by atoms with Gasteiger partial charge in [0.05, 0.1) is 5.56 Å². The first-order valence-electron chi connectivity index (χ1n) is 9.24. The summed E-state index contributed by atoms with van der Waals surface area (Å²) in [6.07, 6.45) is 2.39. The minimum atomic E-state index is -1.16. The van der Waals surface area contributed by atoms with Crippen LogP contribution >= 0.6 is 11.3 Å². The molecule has 0 radical (unpaired) electrons. The highest BCUT2D eigenvalue weighted by Crippen LogP contribution is 2.38. The van der Waals surface area contributed by atoms with Gasteiger partial charge in [-0.1, -0.05) is 0 Å². The molecule has 9 heteroatoms. The van der Waals surface area contributed by atoms with E-state index in [2.05, 4.69) is 16.0 Å². The van der Waals surface area contributed by atoms with E-state index in [0.29, 0.717) is 10.6 Å². The predicted octanol–water partition coefficient (Wildman–Crippen LogP) is 2.75. The fourth-order valence-corrected chi connectivity index (χ4v) is 4.21. The Bertz CT molecular complexity index is 794. The van der Waals surface area contributed by atoms with Crippen molar-refractivity contribution < 1.29 is 23.9 Å². The number of hydrogen-bond acceptors (Lipinski definition) is 6. The van der Waals surface area contributed by atoms with Gasteiger partial charge < -0.3 is 15.4 Å². The number of imide groups is 1. The molecule has 28 heavy (non-hydrogen) atoms. The molecule has 2 rings (SSSR count). The Morgan fingerprint density at radius 2 is 1.75 bits per heavy atom. The molecule has 0 unspecified atom stereocenters. The molecule has 1 aliphatic carbocycles. The average Bonchev–Trinajstić information content (AvgIpc) is 2.89. The summed E-state index contributed by atoms with van der Waals surface area (Å²) in [4.78, 5) is 49.3. The first-order valence-corrected chi connectivity index (χ1v) is 10.1. The highest BCUT2D eigenvalue weighted by Gasteiger charge is 2.29. The number of urea groups is 1. The SMILES string of the molecule is CC(=O)Nc1sc2c(c1C(=O)O[C@H](C)C(=O)NC(=O)NC(C)(C)C)CCCC2. The van der Waals surface area contributed by atoms with Crippen LogP contribution in [0.2, 0.25) is 0 Å². The average molecular weight is 410 g/mol. The summed E-state index contributed by atoms with van der Waals surface area (Å²) in [6, 6.07) is -0.660. The van der Waals surface area contributed by atoms with Gasteiger partial charge in [0, 0.05) is 17.3 Å². The molecular formula is C19H27N3O5S. The molecule has 0 aromatic carbocycles. The van der Waals surface area contributed by atoms with Gasteiger partial charge in [0.1, 0.15) is 5.00 Å². The Labute approximate surface area is 168 Å². The van der Waals surface area contributed by atoms with Crippen molar-refractivity contribution in [1.82, 2.24) is 10.6 Å². The summed E-state index contributed by atoms with van der Waals surface area (Å²) in [7, 11) is 0. The number of carbonyl (C=O) groups excluding carboxylic acids is 4. The van der Waals surface area contributed by atoms with E-state index in [9.17, 15) is 19.2 Å². The predicted molar refractivity (Wildman–Crippen MR) is 107 cm³/mol. The van der Waals surface area contributed by atoms with Crippen LogP contribution in [0.4, 0.5) is 9.80 Å². The van der Waals surface area contributed by atoms with E-state index in [4.69, 9.17) is 4.74 Å². The molecule has 8 nitrogen and oxygen atoms in total. The third-order valence-corrected chi connectivity index (χ3v) is 5.25. The molecule has 0 saturated carbocycles. The zero-order valence-electron chi connectivity index (χ0n) is 16.9. The summed E-state index contributed by atoms with van der Waals surface area (Å²) in [5.74, 6) is -1.68. The minimum absolute atomic E-state index is 0.280. The van der Waals surface area contributed by atoms with Gasteiger partial charge in [0.25, 0.3) is 5.91 Å². The third-order valence-electron chi connectivity index (χ3n) is 4.04. The number of amides is 4. The summed E-state index contributed by atoms with van der Waals surface area (Å²) in [5.41, 5.74) is 0.685. The summed E-state index contributed by atoms with van der Waals surface area (Å²) in [5, 5.41) is 7.90. The number of fused-ring (bicyclic) bond motifs is 1. The number of aryl methyl sites for hydroxylation is 1. The van der Waals surface area contributed by atoms with E-state index in [1.54, 1.807) is 20.8 Å². The lowest BCUT2D eigenvalue weighted by atomic mass is 9.95. The smallest absolute Gasteiger partial charge is 0.342 e. The standard InChI is InChI=1S/C19H27N3O5S/c1-10(15(24)21-18(26)22-19(3,4)5)27-17(25)14-12-8-6-7-9-13(12)28-16(14)20-11(2)23/h10H,6-9H2,1-5H3,(H,20,23)(H2,21,22,24,26)/t10-/m1/s1. The van der Waals surface area contributed by atoms with Gasteiger partial charge in [-0.3, -0.25) is 14.9 Å². The van der Waals surface area contributed by atoms with E-state index in [1.165, 1.54) is 25.2 Å². The Morgan fingerprint density at radius 3 is 2.36 bits per heavy atom. The van der Waals surface area contributed by atoms with Gasteiger partial charge in [-0.15, -0.1) is 11.3 Å². The lowest BCUT2D eigenvalue weighted by Gasteiger charge is -2.21. The van der Waals surface area contributed by atoms with Crippen molar-refractivity contribution in [3.63, 3.8) is 0 Å². The van der Waals surface area contributed by atoms with Gasteiger partial charge in [0.2, 0.25) is 5.91 Å². The molecule has 1 atom stereocenters. The van der Waals surface area contributed by atoms with E-state index < -0.39 is 29.6 Å². The zero-order chi connectivity index (χ0) is 21.1. The maximum absolute atomic E-state index is 12.8. The molecule has 0 aliphatic heterocycles. The molecule has 1 aliphatic rings. The zero-order valence-corrected chi connectivity index (χ0v) is 17.7. The third kappa shape index (κ3) is 5.79. The van der Waals surface area contributed by atoms with Crippen molar-refractivity contribution in [3.05, 3.63) is 16.0 Å². The molecule has 0 spiro atoms. The number of rotatable bonds is 4. The normalized spacial score (nSPS) is 14.5. The Hall–Kier alpha value is -2.42. The van der Waals surface area contributed by atoms with Crippen LogP contribution in [0.3, 0.4) is 0 Å². The first-order chi connectivity index (χ1) is 13.0. The minimum Gasteiger partial charge on any atom is -0.449 e. The number of nitrogens with one attached hydrogen (secondary N) is 3. The van der Waals surface area contributed by atoms with Crippen LogP contribution in [0.25, 0.3) is 0 Å². The topological polar surface area (TPSA) is 114 Å². The number of hydrogen-bond donors (Lipinski definition) is 3. The highest BCUT2D eigenvalue weighted by molar-refractivity contribution is 7.17. The van der Waals surface area contributed by atoms with Gasteiger partial charge in [0.15, 0.2) is 6.10 Å². The maximum atomic E-state index is 12.8. The molecule has 154 valence electrons. The monoisotopic (exact) mass is 409 g/mol. The van der Waals surface area contributed by atoms with Crippen molar-refractivity contribution in [1.29, 1.82) is 0 Å². The van der Waals surface area contributed by atoms with Crippen LogP contribution in [-0.2, 0) is 27.2 Å². The molecule has 1 aromatic rings. The van der Waals surface area contributed by atoms with Crippen LogP contribution in [0, 0.1) is 0 Å². The lowest BCUT2D eigenvalue weighted by Crippen LogP contribution is -2.50. The van der Waals surface area contributed by atoms with Crippen molar-refractivity contribution in [2.45, 2.75) is 71.9 Å². The Morgan fingerprint density at radius 1 is 1.11 bits per heavy atom. The van der Waals surface area contributed by atoms with Gasteiger partial charge in [-0.2, -0.15) is 0 Å². The lowest BCUT2D eigenvalue weighted by molar-refractivity contribution is -0.128. The quantitative estimate of drug-likeness (QED) is 0.662. The van der Waals surface area contributed by atoms with Gasteiger partial charge in [-0.05, 0) is 58.9 Å². The molecule has 1 heterocycles. The van der Waals surface area contributed by atoms with Gasteiger partial charge in [-0.25, -0.2) is 9.59 Å². The van der Waals surface area contributed by atoms with Crippen LogP contribution in [0.5, 0.6) is 0 Å². The Balaban J connectivity index is 2.11. The fourth-order valence-electron chi connectivity index (χ4n) is 2.89. The molecule has 4 amide bonds. The van der Waals surface area contributed by atoms with Crippen molar-refractivity contribution >= 4 is 40.2 Å². The molecular weight excluding hydrogens is 382 g/mol. The summed E-state index contributed by atoms with van der Waals surface area (Å²) in [6.45, 7) is 8.11. The van der Waals surface area contributed by atoms with Crippen molar-refractivity contribution in [3.8, 4) is 0 Å². The van der Waals surface area contributed by atoms with Crippen LogP contribution in [-0.4, -0.2) is 35.5 Å². The summed E-state index contributed by atoms with van der Waals surface area (Å²) < 4.78 is 5.30. The van der Waals surface area contributed by atoms with Crippen LogP contribution in [0.15, 0.2) is 0 Å². The number of ether oxygens (including phenoxy) is 1. The van der Waals surface area contributed by atoms with Crippen molar-refractivity contribution in [2.24, 2.45) is 0 Å². The van der Waals surface area contributed by atoms with E-state index in [-0.39, 0.29) is 5.91 Å². The maximum Gasteiger partial charge on any atom is 0.342 e.